The van der Waals surface area contributed by atoms with Crippen LogP contribution in [0.4, 0.5) is 0 Å². The van der Waals surface area contributed by atoms with Crippen molar-refractivity contribution >= 4 is 0 Å². The average Bonchev–Trinajstić information content (AvgIpc) is 2.46. The van der Waals surface area contributed by atoms with Gasteiger partial charge in [0.05, 0.1) is 18.8 Å². The number of nitrogens with two attached hydrogens (primary N) is 1. The largest absolute Gasteiger partial charge is 0.497 e. The molecule has 0 aliphatic heterocycles. The first kappa shape index (κ1) is 16.3. The zero-order valence-electron chi connectivity index (χ0n) is 13.4. The van der Waals surface area contributed by atoms with Crippen molar-refractivity contribution in [1.29, 1.82) is 0 Å². The van der Waals surface area contributed by atoms with Gasteiger partial charge in [-0.05, 0) is 62.8 Å². The summed E-state index contributed by atoms with van der Waals surface area (Å²) >= 11 is 0. The number of ether oxygens (including phenoxy) is 1. The van der Waals surface area contributed by atoms with E-state index in [1.54, 1.807) is 7.11 Å². The first-order valence-electron chi connectivity index (χ1n) is 7.84. The van der Waals surface area contributed by atoms with E-state index in [1.165, 1.54) is 11.1 Å². The van der Waals surface area contributed by atoms with E-state index >= 15 is 0 Å². The lowest BCUT2D eigenvalue weighted by molar-refractivity contribution is 0.154. The molecule has 0 fully saturated rings. The molecule has 2 rings (SSSR count). The summed E-state index contributed by atoms with van der Waals surface area (Å²) in [5.74, 6) is 0.874. The van der Waals surface area contributed by atoms with Gasteiger partial charge >= 0.3 is 0 Å². The Bertz CT molecular complexity index is 476. The molecule has 0 bridgehead atoms. The lowest BCUT2D eigenvalue weighted by Crippen LogP contribution is -2.54. The van der Waals surface area contributed by atoms with Crippen molar-refractivity contribution in [3.8, 4) is 5.75 Å². The molecule has 4 N–H and O–H groups in total. The summed E-state index contributed by atoms with van der Waals surface area (Å²) in [5, 5.41) is 13.3. The zero-order chi connectivity index (χ0) is 15.5. The molecule has 118 valence electrons. The molecule has 4 heteroatoms. The summed E-state index contributed by atoms with van der Waals surface area (Å²) in [7, 11) is 1.69. The maximum atomic E-state index is 9.60. The third-order valence-corrected chi connectivity index (χ3v) is 4.45. The second-order valence-corrected chi connectivity index (χ2v) is 6.29. The third-order valence-electron chi connectivity index (χ3n) is 4.45. The predicted molar refractivity (Wildman–Crippen MR) is 85.6 cm³/mol. The Hall–Kier alpha value is -1.10. The van der Waals surface area contributed by atoms with Crippen molar-refractivity contribution in [3.05, 3.63) is 29.3 Å². The topological polar surface area (TPSA) is 67.5 Å². The number of aliphatic hydroxyl groups is 1. The molecular formula is C17H28N2O2. The van der Waals surface area contributed by atoms with E-state index < -0.39 is 0 Å². The van der Waals surface area contributed by atoms with Gasteiger partial charge in [0, 0.05) is 12.6 Å². The molecule has 3 unspecified atom stereocenters. The Labute approximate surface area is 127 Å². The molecule has 1 aliphatic rings. The molecule has 1 aromatic carbocycles. The summed E-state index contributed by atoms with van der Waals surface area (Å²) in [6.45, 7) is 4.49. The fourth-order valence-electron chi connectivity index (χ4n) is 3.52. The Kier molecular flexibility index (Phi) is 5.25. The predicted octanol–water partition coefficient (Wildman–Crippen LogP) is 1.93. The van der Waals surface area contributed by atoms with Crippen LogP contribution in [0.5, 0.6) is 5.75 Å². The molecule has 0 amide bonds. The zero-order valence-corrected chi connectivity index (χ0v) is 13.4. The second-order valence-electron chi connectivity index (χ2n) is 6.29. The highest BCUT2D eigenvalue weighted by molar-refractivity contribution is 5.42. The van der Waals surface area contributed by atoms with Gasteiger partial charge in [-0.2, -0.15) is 0 Å². The highest BCUT2D eigenvalue weighted by Gasteiger charge is 2.36. The van der Waals surface area contributed by atoms with E-state index in [9.17, 15) is 5.11 Å². The van der Waals surface area contributed by atoms with Crippen molar-refractivity contribution in [3.63, 3.8) is 0 Å². The van der Waals surface area contributed by atoms with Crippen LogP contribution in [-0.2, 0) is 12.0 Å². The van der Waals surface area contributed by atoms with Gasteiger partial charge in [-0.3, -0.25) is 0 Å². The monoisotopic (exact) mass is 292 g/mol. The molecule has 0 aromatic heterocycles. The fourth-order valence-corrected chi connectivity index (χ4v) is 3.52. The van der Waals surface area contributed by atoms with Gasteiger partial charge in [0.25, 0.3) is 0 Å². The molecule has 1 aromatic rings. The number of hydrogen-bond donors (Lipinski definition) is 3. The van der Waals surface area contributed by atoms with Gasteiger partial charge in [0.2, 0.25) is 0 Å². The van der Waals surface area contributed by atoms with Crippen LogP contribution >= 0.6 is 0 Å². The van der Waals surface area contributed by atoms with E-state index in [2.05, 4.69) is 24.4 Å². The molecule has 0 spiro atoms. The van der Waals surface area contributed by atoms with Crippen LogP contribution in [0.3, 0.4) is 0 Å². The Morgan fingerprint density at radius 2 is 2.19 bits per heavy atom. The number of nitrogens with one attached hydrogen (secondary N) is 1. The molecule has 21 heavy (non-hydrogen) atoms. The van der Waals surface area contributed by atoms with Crippen LogP contribution < -0.4 is 15.8 Å². The minimum absolute atomic E-state index is 0.212. The van der Waals surface area contributed by atoms with Gasteiger partial charge in [0.1, 0.15) is 5.75 Å². The third kappa shape index (κ3) is 3.57. The molecule has 0 saturated carbocycles. The second kappa shape index (κ2) is 6.77. The first-order valence-corrected chi connectivity index (χ1v) is 7.84. The Morgan fingerprint density at radius 1 is 1.43 bits per heavy atom. The number of aliphatic hydroxyl groups excluding tert-OH is 1. The number of fused-ring (bicyclic) bond motifs is 1. The van der Waals surface area contributed by atoms with Crippen LogP contribution in [0.2, 0.25) is 0 Å². The van der Waals surface area contributed by atoms with Crippen molar-refractivity contribution < 1.29 is 9.84 Å². The van der Waals surface area contributed by atoms with Crippen LogP contribution in [0.15, 0.2) is 18.2 Å². The van der Waals surface area contributed by atoms with Gasteiger partial charge in [-0.1, -0.05) is 6.07 Å². The summed E-state index contributed by atoms with van der Waals surface area (Å²) in [6.07, 6.45) is 3.66. The molecule has 3 atom stereocenters. The highest BCUT2D eigenvalue weighted by atomic mass is 16.5. The average molecular weight is 292 g/mol. The van der Waals surface area contributed by atoms with Crippen molar-refractivity contribution in [2.45, 2.75) is 57.2 Å². The van der Waals surface area contributed by atoms with Crippen molar-refractivity contribution in [2.24, 2.45) is 5.73 Å². The normalized spacial score (nSPS) is 24.2. The SMILES string of the molecule is COc1ccc2c(c1)C(CN)(NC(C)CC(C)O)CCC2. The molecule has 1 aliphatic carbocycles. The maximum Gasteiger partial charge on any atom is 0.119 e. The number of methoxy groups -OCH3 is 1. The smallest absolute Gasteiger partial charge is 0.119 e. The van der Waals surface area contributed by atoms with Gasteiger partial charge in [0.15, 0.2) is 0 Å². The first-order chi connectivity index (χ1) is 10.0. The van der Waals surface area contributed by atoms with E-state index in [0.717, 1.165) is 31.4 Å². The van der Waals surface area contributed by atoms with Crippen LogP contribution in [0.25, 0.3) is 0 Å². The van der Waals surface area contributed by atoms with Crippen molar-refractivity contribution in [2.75, 3.05) is 13.7 Å². The van der Waals surface area contributed by atoms with Gasteiger partial charge in [-0.15, -0.1) is 0 Å². The van der Waals surface area contributed by atoms with E-state index in [-0.39, 0.29) is 17.7 Å². The van der Waals surface area contributed by atoms with Gasteiger partial charge in [-0.25, -0.2) is 0 Å². The van der Waals surface area contributed by atoms with Crippen molar-refractivity contribution in [1.82, 2.24) is 5.32 Å². The summed E-state index contributed by atoms with van der Waals surface area (Å²) in [4.78, 5) is 0. The number of hydrogen-bond acceptors (Lipinski definition) is 4. The minimum Gasteiger partial charge on any atom is -0.497 e. The Balaban J connectivity index is 2.32. The summed E-state index contributed by atoms with van der Waals surface area (Å²) < 4.78 is 5.38. The van der Waals surface area contributed by atoms with E-state index in [0.29, 0.717) is 6.54 Å². The quantitative estimate of drug-likeness (QED) is 0.749. The van der Waals surface area contributed by atoms with Gasteiger partial charge < -0.3 is 20.9 Å². The molecule has 4 nitrogen and oxygen atoms in total. The molecule has 0 heterocycles. The molecular weight excluding hydrogens is 264 g/mol. The lowest BCUT2D eigenvalue weighted by atomic mass is 9.75. The number of aryl methyl sites for hydroxylation is 1. The number of rotatable bonds is 6. The van der Waals surface area contributed by atoms with Crippen LogP contribution in [-0.4, -0.2) is 30.9 Å². The Morgan fingerprint density at radius 3 is 2.81 bits per heavy atom. The fraction of sp³-hybridized carbons (Fsp3) is 0.647. The molecule has 0 radical (unpaired) electrons. The van der Waals surface area contributed by atoms with Crippen LogP contribution in [0, 0.1) is 0 Å². The summed E-state index contributed by atoms with van der Waals surface area (Å²) in [6, 6.07) is 6.50. The van der Waals surface area contributed by atoms with E-state index in [4.69, 9.17) is 10.5 Å². The summed E-state index contributed by atoms with van der Waals surface area (Å²) in [5.41, 5.74) is 8.55. The maximum absolute atomic E-state index is 9.60. The standard InChI is InChI=1S/C17H28N2O2/c1-12(9-13(2)20)19-17(11-18)8-4-5-14-6-7-15(21-3)10-16(14)17/h6-7,10,12-13,19-20H,4-5,8-9,11,18H2,1-3H3. The molecule has 0 saturated heterocycles. The minimum atomic E-state index is -0.310. The van der Waals surface area contributed by atoms with Crippen LogP contribution in [0.1, 0.15) is 44.2 Å². The van der Waals surface area contributed by atoms with E-state index in [1.807, 2.05) is 13.0 Å². The number of benzene rings is 1. The highest BCUT2D eigenvalue weighted by Crippen LogP contribution is 2.37. The lowest BCUT2D eigenvalue weighted by Gasteiger charge is -2.41.